The van der Waals surface area contributed by atoms with Crippen LogP contribution in [0.25, 0.3) is 0 Å². The third kappa shape index (κ3) is 3.31. The number of amides is 1. The fraction of sp³-hybridized carbons (Fsp3) is 0.400. The summed E-state index contributed by atoms with van der Waals surface area (Å²) in [6.07, 6.45) is 0.726. The Bertz CT molecular complexity index is 854. The highest BCUT2D eigenvalue weighted by molar-refractivity contribution is 6.02. The molecule has 2 heterocycles. The third-order valence-corrected chi connectivity index (χ3v) is 4.70. The Hall–Kier alpha value is -2.76. The van der Waals surface area contributed by atoms with Gasteiger partial charge in [0.1, 0.15) is 18.9 Å². The maximum absolute atomic E-state index is 12.8. The molecule has 1 atom stereocenters. The van der Waals surface area contributed by atoms with Gasteiger partial charge in [-0.2, -0.15) is 0 Å². The van der Waals surface area contributed by atoms with Crippen molar-refractivity contribution in [3.63, 3.8) is 0 Å². The number of H-pyrrole nitrogens is 1. The Labute approximate surface area is 152 Å². The van der Waals surface area contributed by atoms with E-state index in [0.29, 0.717) is 41.5 Å². The SMILES string of the molecule is CCC(NC(=O)c1[nH]c(C)c(C(C)=O)c1C)c1ccc2c(c1)OCCO2. The number of hydrogen-bond donors (Lipinski definition) is 2. The zero-order chi connectivity index (χ0) is 18.8. The second kappa shape index (κ2) is 7.23. The number of ketones is 1. The minimum Gasteiger partial charge on any atom is -0.486 e. The van der Waals surface area contributed by atoms with Crippen molar-refractivity contribution in [2.45, 2.75) is 40.2 Å². The van der Waals surface area contributed by atoms with E-state index in [-0.39, 0.29) is 17.7 Å². The van der Waals surface area contributed by atoms with E-state index in [0.717, 1.165) is 17.7 Å². The highest BCUT2D eigenvalue weighted by Crippen LogP contribution is 2.33. The molecule has 0 bridgehead atoms. The Morgan fingerprint density at radius 2 is 1.88 bits per heavy atom. The number of aromatic nitrogens is 1. The van der Waals surface area contributed by atoms with Gasteiger partial charge in [-0.05, 0) is 50.5 Å². The van der Waals surface area contributed by atoms with Crippen LogP contribution in [0.1, 0.15) is 64.0 Å². The molecule has 1 aliphatic rings. The maximum atomic E-state index is 12.8. The molecule has 6 heteroatoms. The fourth-order valence-electron chi connectivity index (χ4n) is 3.43. The summed E-state index contributed by atoms with van der Waals surface area (Å²) >= 11 is 0. The van der Waals surface area contributed by atoms with Gasteiger partial charge in [-0.15, -0.1) is 0 Å². The molecule has 138 valence electrons. The van der Waals surface area contributed by atoms with Crippen LogP contribution in [0.2, 0.25) is 0 Å². The Kier molecular flexibility index (Phi) is 5.02. The van der Waals surface area contributed by atoms with Crippen LogP contribution in [0.4, 0.5) is 0 Å². The second-order valence-corrected chi connectivity index (χ2v) is 6.52. The van der Waals surface area contributed by atoms with Gasteiger partial charge in [-0.25, -0.2) is 0 Å². The molecule has 3 rings (SSSR count). The number of carbonyl (C=O) groups is 2. The summed E-state index contributed by atoms with van der Waals surface area (Å²) in [5.41, 5.74) is 3.38. The number of ether oxygens (including phenoxy) is 2. The quantitative estimate of drug-likeness (QED) is 0.804. The van der Waals surface area contributed by atoms with Gasteiger partial charge in [0, 0.05) is 11.3 Å². The lowest BCUT2D eigenvalue weighted by molar-refractivity contribution is 0.0930. The number of hydrogen-bond acceptors (Lipinski definition) is 4. The van der Waals surface area contributed by atoms with Gasteiger partial charge in [0.15, 0.2) is 17.3 Å². The van der Waals surface area contributed by atoms with E-state index in [1.165, 1.54) is 6.92 Å². The predicted molar refractivity (Wildman–Crippen MR) is 98.2 cm³/mol. The van der Waals surface area contributed by atoms with Gasteiger partial charge in [0.05, 0.1) is 6.04 Å². The zero-order valence-electron chi connectivity index (χ0n) is 15.6. The molecule has 2 aromatic rings. The molecule has 0 spiro atoms. The molecule has 26 heavy (non-hydrogen) atoms. The van der Waals surface area contributed by atoms with Crippen molar-refractivity contribution in [3.8, 4) is 11.5 Å². The Morgan fingerprint density at radius 3 is 2.50 bits per heavy atom. The van der Waals surface area contributed by atoms with Crippen LogP contribution in [0.3, 0.4) is 0 Å². The van der Waals surface area contributed by atoms with Crippen molar-refractivity contribution in [1.82, 2.24) is 10.3 Å². The number of aromatic amines is 1. The molecule has 6 nitrogen and oxygen atoms in total. The maximum Gasteiger partial charge on any atom is 0.268 e. The largest absolute Gasteiger partial charge is 0.486 e. The zero-order valence-corrected chi connectivity index (χ0v) is 15.6. The van der Waals surface area contributed by atoms with E-state index >= 15 is 0 Å². The average molecular weight is 356 g/mol. The van der Waals surface area contributed by atoms with Gasteiger partial charge >= 0.3 is 0 Å². The first kappa shape index (κ1) is 18.0. The molecule has 1 aliphatic heterocycles. The number of fused-ring (bicyclic) bond motifs is 1. The number of nitrogens with one attached hydrogen (secondary N) is 2. The Morgan fingerprint density at radius 1 is 1.19 bits per heavy atom. The molecule has 1 unspecified atom stereocenters. The van der Waals surface area contributed by atoms with Crippen LogP contribution in [-0.4, -0.2) is 29.9 Å². The van der Waals surface area contributed by atoms with Gasteiger partial charge in [-0.1, -0.05) is 13.0 Å². The van der Waals surface area contributed by atoms with E-state index in [1.54, 1.807) is 13.8 Å². The number of Topliss-reactive ketones (excluding diaryl/α,β-unsaturated/α-hetero) is 1. The van der Waals surface area contributed by atoms with Crippen LogP contribution < -0.4 is 14.8 Å². The minimum absolute atomic E-state index is 0.0471. The summed E-state index contributed by atoms with van der Waals surface area (Å²) in [5.74, 6) is 1.16. The van der Waals surface area contributed by atoms with Crippen LogP contribution >= 0.6 is 0 Å². The number of carbonyl (C=O) groups excluding carboxylic acids is 2. The summed E-state index contributed by atoms with van der Waals surface area (Å²) in [6, 6.07) is 5.56. The lowest BCUT2D eigenvalue weighted by Crippen LogP contribution is -2.29. The molecular formula is C20H24N2O4. The van der Waals surface area contributed by atoms with Crippen molar-refractivity contribution in [2.75, 3.05) is 13.2 Å². The molecule has 0 saturated heterocycles. The molecule has 1 aromatic heterocycles. The monoisotopic (exact) mass is 356 g/mol. The summed E-state index contributed by atoms with van der Waals surface area (Å²) < 4.78 is 11.2. The summed E-state index contributed by atoms with van der Waals surface area (Å²) in [6.45, 7) is 8.18. The van der Waals surface area contributed by atoms with Crippen LogP contribution in [0, 0.1) is 13.8 Å². The lowest BCUT2D eigenvalue weighted by Gasteiger charge is -2.22. The summed E-state index contributed by atoms with van der Waals surface area (Å²) in [5, 5.41) is 3.05. The van der Waals surface area contributed by atoms with Gasteiger partial charge < -0.3 is 19.8 Å². The second-order valence-electron chi connectivity index (χ2n) is 6.52. The molecule has 0 fully saturated rings. The highest BCUT2D eigenvalue weighted by atomic mass is 16.6. The summed E-state index contributed by atoms with van der Waals surface area (Å²) in [4.78, 5) is 27.6. The Balaban J connectivity index is 1.83. The highest BCUT2D eigenvalue weighted by Gasteiger charge is 2.23. The van der Waals surface area contributed by atoms with E-state index in [4.69, 9.17) is 9.47 Å². The van der Waals surface area contributed by atoms with E-state index in [2.05, 4.69) is 10.3 Å². The molecule has 1 aromatic carbocycles. The van der Waals surface area contributed by atoms with Crippen molar-refractivity contribution in [3.05, 3.63) is 46.3 Å². The minimum atomic E-state index is -0.222. The van der Waals surface area contributed by atoms with Crippen LogP contribution in [0.5, 0.6) is 11.5 Å². The topological polar surface area (TPSA) is 80.4 Å². The first-order valence-electron chi connectivity index (χ1n) is 8.82. The van der Waals surface area contributed by atoms with E-state index < -0.39 is 0 Å². The molecular weight excluding hydrogens is 332 g/mol. The standard InChI is InChI=1S/C20H24N2O4/c1-5-15(14-6-7-16-17(10-14)26-9-8-25-16)22-20(24)19-11(2)18(13(4)23)12(3)21-19/h6-7,10,15,21H,5,8-9H2,1-4H3,(H,22,24). The van der Waals surface area contributed by atoms with Crippen molar-refractivity contribution in [1.29, 1.82) is 0 Å². The number of benzene rings is 1. The van der Waals surface area contributed by atoms with Gasteiger partial charge in [-0.3, -0.25) is 9.59 Å². The first-order chi connectivity index (χ1) is 12.4. The number of aryl methyl sites for hydroxylation is 1. The number of rotatable bonds is 5. The predicted octanol–water partition coefficient (Wildman–Crippen LogP) is 3.49. The van der Waals surface area contributed by atoms with E-state index in [9.17, 15) is 9.59 Å². The van der Waals surface area contributed by atoms with E-state index in [1.807, 2.05) is 25.1 Å². The molecule has 2 N–H and O–H groups in total. The molecule has 0 saturated carbocycles. The smallest absolute Gasteiger partial charge is 0.268 e. The van der Waals surface area contributed by atoms with Crippen LogP contribution in [-0.2, 0) is 0 Å². The van der Waals surface area contributed by atoms with Crippen molar-refractivity contribution in [2.24, 2.45) is 0 Å². The fourth-order valence-corrected chi connectivity index (χ4v) is 3.43. The molecule has 0 radical (unpaired) electrons. The lowest BCUT2D eigenvalue weighted by atomic mass is 10.0. The van der Waals surface area contributed by atoms with Gasteiger partial charge in [0.2, 0.25) is 0 Å². The summed E-state index contributed by atoms with van der Waals surface area (Å²) in [7, 11) is 0. The van der Waals surface area contributed by atoms with Gasteiger partial charge in [0.25, 0.3) is 5.91 Å². The van der Waals surface area contributed by atoms with Crippen molar-refractivity contribution >= 4 is 11.7 Å². The molecule has 1 amide bonds. The van der Waals surface area contributed by atoms with Crippen molar-refractivity contribution < 1.29 is 19.1 Å². The third-order valence-electron chi connectivity index (χ3n) is 4.70. The molecule has 0 aliphatic carbocycles. The first-order valence-corrected chi connectivity index (χ1v) is 8.82. The normalized spacial score (nSPS) is 14.0. The van der Waals surface area contributed by atoms with Crippen LogP contribution in [0.15, 0.2) is 18.2 Å². The average Bonchev–Trinajstić information content (AvgIpc) is 2.93.